The van der Waals surface area contributed by atoms with Gasteiger partial charge in [-0.05, 0) is 24.5 Å². The predicted molar refractivity (Wildman–Crippen MR) is 98.7 cm³/mol. The minimum atomic E-state index is -0.886. The van der Waals surface area contributed by atoms with Crippen molar-refractivity contribution in [2.24, 2.45) is 11.8 Å². The van der Waals surface area contributed by atoms with Crippen LogP contribution in [-0.4, -0.2) is 30.4 Å². The van der Waals surface area contributed by atoms with Gasteiger partial charge in [-0.1, -0.05) is 45.9 Å². The first kappa shape index (κ1) is 20.6. The third-order valence-electron chi connectivity index (χ3n) is 4.67. The number of carbonyl (C=O) groups is 2. The summed E-state index contributed by atoms with van der Waals surface area (Å²) in [6.45, 7) is 10.1. The molecule has 1 aromatic rings. The lowest BCUT2D eigenvalue weighted by Gasteiger charge is -2.31. The number of aryl methyl sites for hydroxylation is 1. The summed E-state index contributed by atoms with van der Waals surface area (Å²) < 4.78 is 17.3. The van der Waals surface area contributed by atoms with Crippen LogP contribution in [0.2, 0.25) is 0 Å². The summed E-state index contributed by atoms with van der Waals surface area (Å²) in [6.07, 6.45) is 0.660. The molecule has 0 bridgehead atoms. The molecule has 5 heteroatoms. The lowest BCUT2D eigenvalue weighted by atomic mass is 9.94. The second kappa shape index (κ2) is 8.78. The topological polar surface area (TPSA) is 61.8 Å². The Kier molecular flexibility index (Phi) is 6.95. The number of carbonyl (C=O) groups excluding carboxylic acids is 2. The minimum Gasteiger partial charge on any atom is -0.429 e. The fraction of sp³-hybridized carbons (Fsp3) is 0.619. The number of hydrogen-bond donors (Lipinski definition) is 0. The molecule has 0 amide bonds. The van der Waals surface area contributed by atoms with E-state index >= 15 is 0 Å². The first-order valence-corrected chi connectivity index (χ1v) is 9.33. The molecule has 1 aliphatic rings. The van der Waals surface area contributed by atoms with Crippen molar-refractivity contribution in [3.63, 3.8) is 0 Å². The zero-order chi connectivity index (χ0) is 19.3. The molecule has 1 fully saturated rings. The van der Waals surface area contributed by atoms with Crippen LogP contribution in [0.3, 0.4) is 0 Å². The number of ketones is 1. The summed E-state index contributed by atoms with van der Waals surface area (Å²) in [6, 6.07) is 7.27. The Bertz CT molecular complexity index is 637. The van der Waals surface area contributed by atoms with E-state index in [-0.39, 0.29) is 18.3 Å². The Morgan fingerprint density at radius 1 is 1.23 bits per heavy atom. The second-order valence-corrected chi connectivity index (χ2v) is 7.68. The zero-order valence-corrected chi connectivity index (χ0v) is 16.4. The Labute approximate surface area is 156 Å². The molecule has 0 aromatic heterocycles. The van der Waals surface area contributed by atoms with Crippen molar-refractivity contribution in [2.45, 2.75) is 66.0 Å². The van der Waals surface area contributed by atoms with Crippen LogP contribution in [-0.2, 0) is 19.0 Å². The third kappa shape index (κ3) is 5.15. The highest BCUT2D eigenvalue weighted by Crippen LogP contribution is 2.36. The van der Waals surface area contributed by atoms with E-state index in [0.717, 1.165) is 5.56 Å². The number of hydrogen-bond acceptors (Lipinski definition) is 5. The van der Waals surface area contributed by atoms with E-state index in [0.29, 0.717) is 30.7 Å². The summed E-state index contributed by atoms with van der Waals surface area (Å²) in [4.78, 5) is 24.4. The molecule has 2 unspecified atom stereocenters. The van der Waals surface area contributed by atoms with E-state index in [4.69, 9.17) is 14.2 Å². The van der Waals surface area contributed by atoms with Crippen LogP contribution in [0.25, 0.3) is 0 Å². The van der Waals surface area contributed by atoms with Crippen LogP contribution in [0, 0.1) is 18.8 Å². The lowest BCUT2D eigenvalue weighted by Crippen LogP contribution is -2.38. The van der Waals surface area contributed by atoms with Crippen LogP contribution in [0.5, 0.6) is 0 Å². The predicted octanol–water partition coefficient (Wildman–Crippen LogP) is 4.27. The standard InChI is InChI=1S/C21H30O5/c1-14(2)12-17(22)10-11-21(15(3)4)24-13-19(26-21)25-20(23)18-9-7-6-8-16(18)5/h6-9,14-15,19H,10-13H2,1-5H3. The fourth-order valence-electron chi connectivity index (χ4n) is 3.14. The number of benzene rings is 1. The van der Waals surface area contributed by atoms with Crippen molar-refractivity contribution < 1.29 is 23.8 Å². The van der Waals surface area contributed by atoms with Crippen molar-refractivity contribution in [3.05, 3.63) is 35.4 Å². The van der Waals surface area contributed by atoms with Gasteiger partial charge in [0.15, 0.2) is 5.79 Å². The van der Waals surface area contributed by atoms with Gasteiger partial charge in [0.05, 0.1) is 5.56 Å². The fourth-order valence-corrected chi connectivity index (χ4v) is 3.14. The Hall–Kier alpha value is -1.72. The molecule has 0 saturated carbocycles. The average molecular weight is 362 g/mol. The molecular weight excluding hydrogens is 332 g/mol. The van der Waals surface area contributed by atoms with Crippen LogP contribution < -0.4 is 0 Å². The quantitative estimate of drug-likeness (QED) is 0.646. The summed E-state index contributed by atoms with van der Waals surface area (Å²) >= 11 is 0. The molecular formula is C21H30O5. The summed E-state index contributed by atoms with van der Waals surface area (Å²) in [5, 5.41) is 0. The number of esters is 1. The normalized spacial score (nSPS) is 22.8. The largest absolute Gasteiger partial charge is 0.429 e. The molecule has 0 aliphatic carbocycles. The van der Waals surface area contributed by atoms with Gasteiger partial charge in [-0.15, -0.1) is 0 Å². The van der Waals surface area contributed by atoms with E-state index in [1.807, 2.05) is 46.8 Å². The van der Waals surface area contributed by atoms with E-state index in [1.54, 1.807) is 12.1 Å². The van der Waals surface area contributed by atoms with Gasteiger partial charge >= 0.3 is 5.97 Å². The summed E-state index contributed by atoms with van der Waals surface area (Å²) in [7, 11) is 0. The summed E-state index contributed by atoms with van der Waals surface area (Å²) in [5.41, 5.74) is 1.37. The Morgan fingerprint density at radius 3 is 2.54 bits per heavy atom. The van der Waals surface area contributed by atoms with Gasteiger partial charge in [-0.25, -0.2) is 4.79 Å². The maximum absolute atomic E-state index is 12.4. The molecule has 1 heterocycles. The third-order valence-corrected chi connectivity index (χ3v) is 4.67. The van der Waals surface area contributed by atoms with Crippen LogP contribution >= 0.6 is 0 Å². The molecule has 0 N–H and O–H groups in total. The van der Waals surface area contributed by atoms with E-state index in [2.05, 4.69) is 0 Å². The van der Waals surface area contributed by atoms with Crippen LogP contribution in [0.1, 0.15) is 62.9 Å². The summed E-state index contributed by atoms with van der Waals surface area (Å²) in [5.74, 6) is -0.731. The SMILES string of the molecule is Cc1ccccc1C(=O)OC1COC(CCC(=O)CC(C)C)(C(C)C)O1. The van der Waals surface area contributed by atoms with E-state index < -0.39 is 18.0 Å². The van der Waals surface area contributed by atoms with Crippen molar-refractivity contribution in [1.29, 1.82) is 0 Å². The van der Waals surface area contributed by atoms with Gasteiger partial charge in [0.2, 0.25) is 6.29 Å². The lowest BCUT2D eigenvalue weighted by molar-refractivity contribution is -0.226. The van der Waals surface area contributed by atoms with E-state index in [1.165, 1.54) is 0 Å². The number of Topliss-reactive ketones (excluding diaryl/α,β-unsaturated/α-hetero) is 1. The maximum atomic E-state index is 12.4. The van der Waals surface area contributed by atoms with Crippen LogP contribution in [0.15, 0.2) is 24.3 Å². The molecule has 1 saturated heterocycles. The molecule has 0 radical (unpaired) electrons. The molecule has 2 rings (SSSR count). The minimum absolute atomic E-state index is 0.0384. The maximum Gasteiger partial charge on any atom is 0.340 e. The molecule has 1 aromatic carbocycles. The number of rotatable bonds is 8. The number of ether oxygens (including phenoxy) is 3. The Balaban J connectivity index is 1.97. The molecule has 0 spiro atoms. The highest BCUT2D eigenvalue weighted by atomic mass is 16.8. The van der Waals surface area contributed by atoms with Crippen molar-refractivity contribution >= 4 is 11.8 Å². The van der Waals surface area contributed by atoms with Crippen molar-refractivity contribution in [3.8, 4) is 0 Å². The van der Waals surface area contributed by atoms with Crippen LogP contribution in [0.4, 0.5) is 0 Å². The monoisotopic (exact) mass is 362 g/mol. The van der Waals surface area contributed by atoms with Gasteiger partial charge in [-0.3, -0.25) is 4.79 Å². The van der Waals surface area contributed by atoms with Gasteiger partial charge < -0.3 is 14.2 Å². The molecule has 5 nitrogen and oxygen atoms in total. The van der Waals surface area contributed by atoms with E-state index in [9.17, 15) is 9.59 Å². The van der Waals surface area contributed by atoms with Crippen molar-refractivity contribution in [1.82, 2.24) is 0 Å². The molecule has 1 aliphatic heterocycles. The zero-order valence-electron chi connectivity index (χ0n) is 16.4. The Morgan fingerprint density at radius 2 is 1.92 bits per heavy atom. The first-order valence-electron chi connectivity index (χ1n) is 9.33. The molecule has 26 heavy (non-hydrogen) atoms. The van der Waals surface area contributed by atoms with Gasteiger partial charge in [0, 0.05) is 25.2 Å². The van der Waals surface area contributed by atoms with Crippen molar-refractivity contribution in [2.75, 3.05) is 6.61 Å². The highest BCUT2D eigenvalue weighted by molar-refractivity contribution is 5.91. The first-order chi connectivity index (χ1) is 12.2. The van der Waals surface area contributed by atoms with Gasteiger partial charge in [-0.2, -0.15) is 0 Å². The average Bonchev–Trinajstić information content (AvgIpc) is 2.97. The van der Waals surface area contributed by atoms with Gasteiger partial charge in [0.25, 0.3) is 0 Å². The molecule has 144 valence electrons. The molecule has 2 atom stereocenters. The second-order valence-electron chi connectivity index (χ2n) is 7.68. The van der Waals surface area contributed by atoms with Gasteiger partial charge in [0.1, 0.15) is 12.4 Å². The highest BCUT2D eigenvalue weighted by Gasteiger charge is 2.45. The smallest absolute Gasteiger partial charge is 0.340 e.